The van der Waals surface area contributed by atoms with Gasteiger partial charge in [0.1, 0.15) is 5.76 Å². The Labute approximate surface area is 162 Å². The lowest BCUT2D eigenvalue weighted by Crippen LogP contribution is -2.14. The number of aryl methyl sites for hydroxylation is 2. The number of nitrogens with zero attached hydrogens (tertiary/aromatic N) is 3. The van der Waals surface area contributed by atoms with E-state index in [4.69, 9.17) is 4.42 Å². The molecule has 0 aliphatic carbocycles. The van der Waals surface area contributed by atoms with Crippen LogP contribution in [0.1, 0.15) is 27.6 Å². The van der Waals surface area contributed by atoms with E-state index < -0.39 is 0 Å². The average Bonchev–Trinajstić information content (AvgIpc) is 3.24. The fourth-order valence-electron chi connectivity index (χ4n) is 3.13. The molecule has 4 aromatic rings. The molecule has 0 saturated heterocycles. The third-order valence-electron chi connectivity index (χ3n) is 4.56. The minimum atomic E-state index is -0.317. The van der Waals surface area contributed by atoms with E-state index in [9.17, 15) is 4.79 Å². The maximum absolute atomic E-state index is 12.9. The number of hydrogen-bond acceptors (Lipinski definition) is 4. The monoisotopic (exact) mass is 372 g/mol. The summed E-state index contributed by atoms with van der Waals surface area (Å²) in [5.41, 5.74) is 4.30. The molecule has 1 N–H and O–H groups in total. The number of benzene rings is 2. The molecule has 0 saturated carbocycles. The maximum atomic E-state index is 12.9. The average molecular weight is 372 g/mol. The van der Waals surface area contributed by atoms with Crippen molar-refractivity contribution in [2.75, 3.05) is 5.32 Å². The molecule has 1 amide bonds. The molecule has 0 bridgehead atoms. The number of hydrogen-bond donors (Lipinski definition) is 1. The van der Waals surface area contributed by atoms with Gasteiger partial charge in [-0.2, -0.15) is 5.10 Å². The van der Waals surface area contributed by atoms with Gasteiger partial charge in [-0.1, -0.05) is 36.4 Å². The SMILES string of the molecule is Cc1nn(-c2ccccc2)c(C)c1NC(=O)c1nc(-c2ccccc2)oc1C. The largest absolute Gasteiger partial charge is 0.441 e. The highest BCUT2D eigenvalue weighted by atomic mass is 16.4. The highest BCUT2D eigenvalue weighted by Gasteiger charge is 2.21. The highest BCUT2D eigenvalue weighted by molar-refractivity contribution is 6.04. The Hall–Kier alpha value is -3.67. The predicted octanol–water partition coefficient (Wildman–Crippen LogP) is 4.70. The maximum Gasteiger partial charge on any atom is 0.278 e. The molecule has 140 valence electrons. The summed E-state index contributed by atoms with van der Waals surface area (Å²) in [6.45, 7) is 5.53. The third-order valence-corrected chi connectivity index (χ3v) is 4.56. The van der Waals surface area contributed by atoms with Crippen LogP contribution in [0.4, 0.5) is 5.69 Å². The number of amides is 1. The lowest BCUT2D eigenvalue weighted by molar-refractivity contribution is 0.102. The van der Waals surface area contributed by atoms with Gasteiger partial charge in [0.15, 0.2) is 5.69 Å². The summed E-state index contributed by atoms with van der Waals surface area (Å²) in [6, 6.07) is 19.3. The van der Waals surface area contributed by atoms with Gasteiger partial charge in [0.25, 0.3) is 5.91 Å². The molecule has 0 atom stereocenters. The first-order valence-electron chi connectivity index (χ1n) is 9.00. The van der Waals surface area contributed by atoms with Gasteiger partial charge < -0.3 is 9.73 Å². The quantitative estimate of drug-likeness (QED) is 0.563. The predicted molar refractivity (Wildman–Crippen MR) is 108 cm³/mol. The molecule has 0 aliphatic heterocycles. The van der Waals surface area contributed by atoms with Crippen molar-refractivity contribution in [1.29, 1.82) is 0 Å². The Balaban J connectivity index is 1.63. The van der Waals surface area contributed by atoms with Crippen LogP contribution in [0.25, 0.3) is 17.1 Å². The number of para-hydroxylation sites is 1. The van der Waals surface area contributed by atoms with Gasteiger partial charge in [-0.3, -0.25) is 4.79 Å². The van der Waals surface area contributed by atoms with E-state index in [0.29, 0.717) is 17.3 Å². The zero-order valence-electron chi connectivity index (χ0n) is 15.9. The van der Waals surface area contributed by atoms with Crippen LogP contribution in [0, 0.1) is 20.8 Å². The van der Waals surface area contributed by atoms with Crippen molar-refractivity contribution in [3.63, 3.8) is 0 Å². The summed E-state index contributed by atoms with van der Waals surface area (Å²) in [6.07, 6.45) is 0. The molecular formula is C22H20N4O2. The molecule has 0 radical (unpaired) electrons. The Morgan fingerprint density at radius 2 is 1.61 bits per heavy atom. The van der Waals surface area contributed by atoms with Crippen molar-refractivity contribution in [1.82, 2.24) is 14.8 Å². The van der Waals surface area contributed by atoms with E-state index in [-0.39, 0.29) is 11.6 Å². The normalized spacial score (nSPS) is 10.8. The van der Waals surface area contributed by atoms with Gasteiger partial charge in [-0.05, 0) is 45.0 Å². The van der Waals surface area contributed by atoms with Gasteiger partial charge in [0, 0.05) is 5.56 Å². The van der Waals surface area contributed by atoms with Gasteiger partial charge in [-0.25, -0.2) is 9.67 Å². The Bertz CT molecular complexity index is 1130. The fourth-order valence-corrected chi connectivity index (χ4v) is 3.13. The van der Waals surface area contributed by atoms with Crippen LogP contribution in [0.2, 0.25) is 0 Å². The van der Waals surface area contributed by atoms with E-state index in [2.05, 4.69) is 15.4 Å². The van der Waals surface area contributed by atoms with Crippen LogP contribution >= 0.6 is 0 Å². The first-order valence-corrected chi connectivity index (χ1v) is 9.00. The summed E-state index contributed by atoms with van der Waals surface area (Å²) in [5.74, 6) is 0.584. The van der Waals surface area contributed by atoms with Crippen LogP contribution in [-0.4, -0.2) is 20.7 Å². The van der Waals surface area contributed by atoms with Gasteiger partial charge in [0.2, 0.25) is 5.89 Å². The molecule has 2 aromatic carbocycles. The van der Waals surface area contributed by atoms with Crippen molar-refractivity contribution in [2.45, 2.75) is 20.8 Å². The Kier molecular flexibility index (Phi) is 4.53. The summed E-state index contributed by atoms with van der Waals surface area (Å²) in [7, 11) is 0. The Morgan fingerprint density at radius 1 is 0.964 bits per heavy atom. The zero-order valence-corrected chi connectivity index (χ0v) is 15.9. The van der Waals surface area contributed by atoms with E-state index >= 15 is 0 Å². The second kappa shape index (κ2) is 7.15. The van der Waals surface area contributed by atoms with E-state index in [0.717, 1.165) is 22.6 Å². The van der Waals surface area contributed by atoms with Gasteiger partial charge in [-0.15, -0.1) is 0 Å². The fraction of sp³-hybridized carbons (Fsp3) is 0.136. The first-order chi connectivity index (χ1) is 13.5. The summed E-state index contributed by atoms with van der Waals surface area (Å²) < 4.78 is 7.52. The molecule has 4 rings (SSSR count). The van der Waals surface area contributed by atoms with Crippen LogP contribution < -0.4 is 5.32 Å². The molecule has 2 heterocycles. The molecule has 0 spiro atoms. The molecule has 2 aromatic heterocycles. The highest BCUT2D eigenvalue weighted by Crippen LogP contribution is 2.25. The van der Waals surface area contributed by atoms with Gasteiger partial charge in [0.05, 0.1) is 22.8 Å². The van der Waals surface area contributed by atoms with Crippen LogP contribution in [0.5, 0.6) is 0 Å². The van der Waals surface area contributed by atoms with Crippen LogP contribution in [-0.2, 0) is 0 Å². The third kappa shape index (κ3) is 3.20. The number of oxazole rings is 1. The van der Waals surface area contributed by atoms with Crippen molar-refractivity contribution in [2.24, 2.45) is 0 Å². The summed E-state index contributed by atoms with van der Waals surface area (Å²) >= 11 is 0. The topological polar surface area (TPSA) is 73.0 Å². The molecule has 6 nitrogen and oxygen atoms in total. The molecule has 6 heteroatoms. The lowest BCUT2D eigenvalue weighted by atomic mass is 10.2. The molecule has 28 heavy (non-hydrogen) atoms. The number of rotatable bonds is 4. The van der Waals surface area contributed by atoms with E-state index in [1.165, 1.54) is 0 Å². The van der Waals surface area contributed by atoms with E-state index in [1.54, 1.807) is 6.92 Å². The number of aromatic nitrogens is 3. The standard InChI is InChI=1S/C22H20N4O2/c1-14-19(15(2)26(25-14)18-12-8-5-9-13-18)23-21(27)20-16(3)28-22(24-20)17-10-6-4-7-11-17/h4-13H,1-3H3,(H,23,27). The molecular weight excluding hydrogens is 352 g/mol. The number of anilines is 1. The van der Waals surface area contributed by atoms with Crippen molar-refractivity contribution in [3.8, 4) is 17.1 Å². The molecule has 0 aliphatic rings. The Morgan fingerprint density at radius 3 is 2.29 bits per heavy atom. The first kappa shape index (κ1) is 17.7. The number of carbonyl (C=O) groups is 1. The molecule has 0 unspecified atom stereocenters. The van der Waals surface area contributed by atoms with E-state index in [1.807, 2.05) is 79.2 Å². The van der Waals surface area contributed by atoms with Crippen LogP contribution in [0.15, 0.2) is 65.1 Å². The smallest absolute Gasteiger partial charge is 0.278 e. The zero-order chi connectivity index (χ0) is 19.7. The summed E-state index contributed by atoms with van der Waals surface area (Å²) in [5, 5.41) is 7.51. The summed E-state index contributed by atoms with van der Waals surface area (Å²) in [4.78, 5) is 17.3. The number of nitrogens with one attached hydrogen (secondary N) is 1. The van der Waals surface area contributed by atoms with Crippen molar-refractivity contribution >= 4 is 11.6 Å². The second-order valence-corrected chi connectivity index (χ2v) is 6.54. The van der Waals surface area contributed by atoms with Crippen molar-refractivity contribution in [3.05, 3.63) is 83.5 Å². The van der Waals surface area contributed by atoms with Crippen molar-refractivity contribution < 1.29 is 9.21 Å². The van der Waals surface area contributed by atoms with Gasteiger partial charge >= 0.3 is 0 Å². The van der Waals surface area contributed by atoms with Crippen LogP contribution in [0.3, 0.4) is 0 Å². The molecule has 0 fully saturated rings. The number of carbonyl (C=O) groups excluding carboxylic acids is 1. The second-order valence-electron chi connectivity index (χ2n) is 6.54. The minimum Gasteiger partial charge on any atom is -0.441 e. The minimum absolute atomic E-state index is 0.269. The lowest BCUT2D eigenvalue weighted by Gasteiger charge is -2.06.